The van der Waals surface area contributed by atoms with Crippen LogP contribution in [0.1, 0.15) is 18.2 Å². The number of carbonyl (C=O) groups is 1. The van der Waals surface area contributed by atoms with Gasteiger partial charge in [0.15, 0.2) is 6.61 Å². The van der Waals surface area contributed by atoms with Crippen molar-refractivity contribution in [1.82, 2.24) is 9.78 Å². The highest BCUT2D eigenvalue weighted by molar-refractivity contribution is 5.92. The predicted molar refractivity (Wildman–Crippen MR) is 77.9 cm³/mol. The zero-order valence-corrected chi connectivity index (χ0v) is 12.0. The molecule has 0 fully saturated rings. The molecule has 0 bridgehead atoms. The summed E-state index contributed by atoms with van der Waals surface area (Å²) >= 11 is 0. The van der Waals surface area contributed by atoms with Gasteiger partial charge in [-0.25, -0.2) is 0 Å². The molecule has 0 radical (unpaired) electrons. The van der Waals surface area contributed by atoms with E-state index in [2.05, 4.69) is 10.4 Å². The third-order valence-electron chi connectivity index (χ3n) is 2.87. The Kier molecular flexibility index (Phi) is 4.57. The molecule has 1 heterocycles. The Hall–Kier alpha value is -2.81. The van der Waals surface area contributed by atoms with Crippen LogP contribution in [-0.2, 0) is 18.3 Å². The number of benzene rings is 1. The molecule has 0 atom stereocenters. The number of amides is 1. The van der Waals surface area contributed by atoms with Gasteiger partial charge < -0.3 is 10.1 Å². The van der Waals surface area contributed by atoms with Crippen molar-refractivity contribution in [1.29, 1.82) is 5.26 Å². The van der Waals surface area contributed by atoms with Crippen LogP contribution in [0.25, 0.3) is 0 Å². The fraction of sp³-hybridized carbons (Fsp3) is 0.267. The lowest BCUT2D eigenvalue weighted by Gasteiger charge is -2.07. The maximum Gasteiger partial charge on any atom is 0.262 e. The minimum Gasteiger partial charge on any atom is -0.484 e. The largest absolute Gasteiger partial charge is 0.484 e. The van der Waals surface area contributed by atoms with E-state index < -0.39 is 0 Å². The number of rotatable bonds is 5. The third-order valence-corrected chi connectivity index (χ3v) is 2.87. The van der Waals surface area contributed by atoms with Gasteiger partial charge in [0.2, 0.25) is 0 Å². The molecule has 0 aliphatic heterocycles. The summed E-state index contributed by atoms with van der Waals surface area (Å²) in [5.41, 5.74) is 2.09. The van der Waals surface area contributed by atoms with Crippen molar-refractivity contribution in [3.63, 3.8) is 0 Å². The molecule has 0 spiro atoms. The standard InChI is InChI=1S/C15H16N4O2/c1-3-13-14(9-19(2)18-13)17-15(20)10-21-12-6-4-11(8-16)5-7-12/h4-7,9H,3,10H2,1-2H3,(H,17,20). The van der Waals surface area contributed by atoms with Gasteiger partial charge in [0.25, 0.3) is 5.91 Å². The number of carbonyl (C=O) groups excluding carboxylic acids is 1. The quantitative estimate of drug-likeness (QED) is 0.909. The molecule has 1 aromatic heterocycles. The number of aryl methyl sites for hydroxylation is 2. The Balaban J connectivity index is 1.91. The van der Waals surface area contributed by atoms with Gasteiger partial charge in [0.1, 0.15) is 5.75 Å². The number of hydrogen-bond acceptors (Lipinski definition) is 4. The molecule has 0 saturated carbocycles. The maximum absolute atomic E-state index is 11.9. The average Bonchev–Trinajstić information content (AvgIpc) is 2.85. The van der Waals surface area contributed by atoms with Crippen LogP contribution in [-0.4, -0.2) is 22.3 Å². The minimum atomic E-state index is -0.248. The fourth-order valence-corrected chi connectivity index (χ4v) is 1.86. The lowest BCUT2D eigenvalue weighted by Crippen LogP contribution is -2.20. The zero-order valence-electron chi connectivity index (χ0n) is 12.0. The summed E-state index contributed by atoms with van der Waals surface area (Å²) in [5.74, 6) is 0.299. The van der Waals surface area contributed by atoms with E-state index in [-0.39, 0.29) is 12.5 Å². The van der Waals surface area contributed by atoms with Crippen molar-refractivity contribution >= 4 is 11.6 Å². The molecule has 6 nitrogen and oxygen atoms in total. The normalized spacial score (nSPS) is 9.95. The van der Waals surface area contributed by atoms with Crippen LogP contribution in [0.3, 0.4) is 0 Å². The summed E-state index contributed by atoms with van der Waals surface area (Å²) in [6.45, 7) is 1.88. The summed E-state index contributed by atoms with van der Waals surface area (Å²) < 4.78 is 7.03. The number of aromatic nitrogens is 2. The first kappa shape index (κ1) is 14.6. The van der Waals surface area contributed by atoms with Gasteiger partial charge >= 0.3 is 0 Å². The average molecular weight is 284 g/mol. The van der Waals surface area contributed by atoms with Gasteiger partial charge in [-0.3, -0.25) is 9.48 Å². The van der Waals surface area contributed by atoms with Gasteiger partial charge in [-0.1, -0.05) is 6.92 Å². The van der Waals surface area contributed by atoms with Crippen molar-refractivity contribution < 1.29 is 9.53 Å². The van der Waals surface area contributed by atoms with Crippen LogP contribution in [0.15, 0.2) is 30.5 Å². The van der Waals surface area contributed by atoms with Crippen molar-refractivity contribution in [2.75, 3.05) is 11.9 Å². The molecule has 21 heavy (non-hydrogen) atoms. The van der Waals surface area contributed by atoms with Gasteiger partial charge in [-0.2, -0.15) is 10.4 Å². The van der Waals surface area contributed by atoms with E-state index in [0.717, 1.165) is 12.1 Å². The summed E-state index contributed by atoms with van der Waals surface area (Å²) in [6, 6.07) is 8.63. The minimum absolute atomic E-state index is 0.0933. The summed E-state index contributed by atoms with van der Waals surface area (Å²) in [4.78, 5) is 11.9. The number of ether oxygens (including phenoxy) is 1. The van der Waals surface area contributed by atoms with Crippen molar-refractivity contribution in [3.8, 4) is 11.8 Å². The van der Waals surface area contributed by atoms with Crippen LogP contribution >= 0.6 is 0 Å². The molecule has 2 rings (SSSR count). The molecule has 1 N–H and O–H groups in total. The summed E-state index contributed by atoms with van der Waals surface area (Å²) in [6.07, 6.45) is 2.51. The fourth-order valence-electron chi connectivity index (χ4n) is 1.86. The van der Waals surface area contributed by atoms with Gasteiger partial charge in [0.05, 0.1) is 23.0 Å². The lowest BCUT2D eigenvalue weighted by molar-refractivity contribution is -0.118. The van der Waals surface area contributed by atoms with Crippen LogP contribution in [0, 0.1) is 11.3 Å². The highest BCUT2D eigenvalue weighted by Gasteiger charge is 2.10. The zero-order chi connectivity index (χ0) is 15.2. The number of nitrogens with zero attached hydrogens (tertiary/aromatic N) is 3. The number of nitriles is 1. The topological polar surface area (TPSA) is 79.9 Å². The third kappa shape index (κ3) is 3.83. The Labute approximate surface area is 123 Å². The van der Waals surface area contributed by atoms with Gasteiger partial charge in [-0.15, -0.1) is 0 Å². The van der Waals surface area contributed by atoms with E-state index in [9.17, 15) is 4.79 Å². The molecular formula is C15H16N4O2. The van der Waals surface area contributed by atoms with Crippen molar-refractivity contribution in [3.05, 3.63) is 41.7 Å². The second-order valence-corrected chi connectivity index (χ2v) is 4.49. The Morgan fingerprint density at radius 2 is 2.14 bits per heavy atom. The molecule has 0 unspecified atom stereocenters. The molecule has 0 aliphatic rings. The molecular weight excluding hydrogens is 268 g/mol. The van der Waals surface area contributed by atoms with E-state index in [4.69, 9.17) is 10.00 Å². The van der Waals surface area contributed by atoms with E-state index in [1.807, 2.05) is 20.0 Å². The van der Waals surface area contributed by atoms with Crippen molar-refractivity contribution in [2.24, 2.45) is 7.05 Å². The van der Waals surface area contributed by atoms with Gasteiger partial charge in [0, 0.05) is 13.2 Å². The van der Waals surface area contributed by atoms with Crippen molar-refractivity contribution in [2.45, 2.75) is 13.3 Å². The first-order chi connectivity index (χ1) is 10.1. The monoisotopic (exact) mass is 284 g/mol. The van der Waals surface area contributed by atoms with Crippen LogP contribution < -0.4 is 10.1 Å². The van der Waals surface area contributed by atoms with Crippen LogP contribution in [0.4, 0.5) is 5.69 Å². The maximum atomic E-state index is 11.9. The first-order valence-corrected chi connectivity index (χ1v) is 6.57. The van der Waals surface area contributed by atoms with Crippen LogP contribution in [0.2, 0.25) is 0 Å². The predicted octanol–water partition coefficient (Wildman–Crippen LogP) is 1.87. The Morgan fingerprint density at radius 1 is 1.43 bits per heavy atom. The lowest BCUT2D eigenvalue weighted by atomic mass is 10.2. The number of hydrogen-bond donors (Lipinski definition) is 1. The number of nitrogens with one attached hydrogen (secondary N) is 1. The number of anilines is 1. The second-order valence-electron chi connectivity index (χ2n) is 4.49. The molecule has 1 amide bonds. The van der Waals surface area contributed by atoms with Gasteiger partial charge in [-0.05, 0) is 30.7 Å². The smallest absolute Gasteiger partial charge is 0.262 e. The summed E-state index contributed by atoms with van der Waals surface area (Å²) in [7, 11) is 1.81. The van der Waals surface area contributed by atoms with E-state index >= 15 is 0 Å². The van der Waals surface area contributed by atoms with E-state index in [0.29, 0.717) is 17.0 Å². The molecule has 108 valence electrons. The highest BCUT2D eigenvalue weighted by Crippen LogP contribution is 2.14. The van der Waals surface area contributed by atoms with E-state index in [1.54, 1.807) is 35.1 Å². The Bertz CT molecular complexity index is 668. The molecule has 0 saturated heterocycles. The molecule has 1 aromatic carbocycles. The highest BCUT2D eigenvalue weighted by atomic mass is 16.5. The first-order valence-electron chi connectivity index (χ1n) is 6.57. The Morgan fingerprint density at radius 3 is 2.76 bits per heavy atom. The second kappa shape index (κ2) is 6.57. The molecule has 2 aromatic rings. The SMILES string of the molecule is CCc1nn(C)cc1NC(=O)COc1ccc(C#N)cc1. The molecule has 6 heteroatoms. The van der Waals surface area contributed by atoms with E-state index in [1.165, 1.54) is 0 Å². The van der Waals surface area contributed by atoms with Crippen LogP contribution in [0.5, 0.6) is 5.75 Å². The summed E-state index contributed by atoms with van der Waals surface area (Å²) in [5, 5.41) is 15.7. The molecule has 0 aliphatic carbocycles.